The van der Waals surface area contributed by atoms with Gasteiger partial charge >= 0.3 is 5.69 Å². The molecule has 0 aromatic carbocycles. The second kappa shape index (κ2) is 5.97. The summed E-state index contributed by atoms with van der Waals surface area (Å²) in [7, 11) is 0. The average molecular weight is 230 g/mol. The molecule has 1 aromatic rings. The molecule has 1 aromatic heterocycles. The van der Waals surface area contributed by atoms with E-state index >= 15 is 0 Å². The van der Waals surface area contributed by atoms with E-state index in [2.05, 4.69) is 29.4 Å². The second-order valence-corrected chi connectivity index (χ2v) is 4.31. The molecule has 1 heterocycles. The predicted molar refractivity (Wildman–Crippen MR) is 62.4 cm³/mol. The topological polar surface area (TPSA) is 62.7 Å². The zero-order valence-electron chi connectivity index (χ0n) is 9.41. The molecule has 0 saturated heterocycles. The average Bonchev–Trinajstić information content (AvgIpc) is 2.56. The lowest BCUT2D eigenvalue weighted by Crippen LogP contribution is -2.28. The number of rotatable bonds is 6. The normalized spacial score (nSPS) is 13.0. The molecule has 2 N–H and O–H groups in total. The van der Waals surface area contributed by atoms with Gasteiger partial charge in [0.1, 0.15) is 0 Å². The van der Waals surface area contributed by atoms with Crippen molar-refractivity contribution in [1.82, 2.24) is 20.1 Å². The molecule has 0 fully saturated rings. The van der Waals surface area contributed by atoms with E-state index in [1.807, 2.05) is 6.92 Å². The largest absolute Gasteiger partial charge is 0.343 e. The maximum atomic E-state index is 11.3. The van der Waals surface area contributed by atoms with Gasteiger partial charge in [0.2, 0.25) is 0 Å². The van der Waals surface area contributed by atoms with Crippen LogP contribution in [-0.2, 0) is 6.54 Å². The molecule has 1 unspecified atom stereocenters. The molecular weight excluding hydrogens is 212 g/mol. The number of nitrogens with one attached hydrogen (secondary N) is 2. The van der Waals surface area contributed by atoms with Crippen LogP contribution in [0.3, 0.4) is 0 Å². The fourth-order valence-electron chi connectivity index (χ4n) is 1.30. The van der Waals surface area contributed by atoms with Gasteiger partial charge in [0.25, 0.3) is 0 Å². The summed E-state index contributed by atoms with van der Waals surface area (Å²) in [6.07, 6.45) is 0. The van der Waals surface area contributed by atoms with Gasteiger partial charge < -0.3 is 5.32 Å². The van der Waals surface area contributed by atoms with Gasteiger partial charge in [-0.15, -0.1) is 5.10 Å². The van der Waals surface area contributed by atoms with Crippen LogP contribution in [-0.4, -0.2) is 33.1 Å². The first-order valence-electron chi connectivity index (χ1n) is 5.20. The van der Waals surface area contributed by atoms with Crippen molar-refractivity contribution in [2.45, 2.75) is 38.5 Å². The van der Waals surface area contributed by atoms with Crippen LogP contribution in [0, 0.1) is 0 Å². The summed E-state index contributed by atoms with van der Waals surface area (Å²) >= 11 is 1.60. The molecule has 0 aliphatic heterocycles. The Hall–Kier alpha value is -0.750. The molecule has 6 heteroatoms. The number of aromatic nitrogens is 3. The first-order valence-corrected chi connectivity index (χ1v) is 6.19. The van der Waals surface area contributed by atoms with Crippen molar-refractivity contribution in [3.05, 3.63) is 10.5 Å². The molecule has 86 valence electrons. The molecule has 1 atom stereocenters. The van der Waals surface area contributed by atoms with Crippen molar-refractivity contribution in [1.29, 1.82) is 0 Å². The third-order valence-corrected chi connectivity index (χ3v) is 3.29. The van der Waals surface area contributed by atoms with Crippen LogP contribution < -0.4 is 11.0 Å². The molecule has 0 saturated carbocycles. The summed E-state index contributed by atoms with van der Waals surface area (Å²) in [4.78, 5) is 11.3. The Morgan fingerprint density at radius 1 is 1.60 bits per heavy atom. The minimum atomic E-state index is -0.129. The molecule has 1 rings (SSSR count). The Labute approximate surface area is 93.6 Å². The highest BCUT2D eigenvalue weighted by molar-refractivity contribution is 7.99. The standard InChI is InChI=1S/C9H18N4OS/c1-4-10-7(3)6-15-9-12-11-8(14)13(9)5-2/h7,10H,4-6H2,1-3H3,(H,11,14). The minimum absolute atomic E-state index is 0.129. The number of nitrogens with zero attached hydrogens (tertiary/aromatic N) is 2. The van der Waals surface area contributed by atoms with Crippen molar-refractivity contribution in [3.8, 4) is 0 Å². The lowest BCUT2D eigenvalue weighted by atomic mass is 10.4. The molecule has 0 aliphatic carbocycles. The Kier molecular flexibility index (Phi) is 4.90. The molecule has 0 spiro atoms. The first-order chi connectivity index (χ1) is 7.19. The fourth-order valence-corrected chi connectivity index (χ4v) is 2.29. The van der Waals surface area contributed by atoms with Crippen LogP contribution in [0.5, 0.6) is 0 Å². The lowest BCUT2D eigenvalue weighted by molar-refractivity contribution is 0.616. The lowest BCUT2D eigenvalue weighted by Gasteiger charge is -2.10. The van der Waals surface area contributed by atoms with E-state index in [4.69, 9.17) is 0 Å². The minimum Gasteiger partial charge on any atom is -0.314 e. The van der Waals surface area contributed by atoms with Crippen LogP contribution in [0.4, 0.5) is 0 Å². The van der Waals surface area contributed by atoms with E-state index in [0.717, 1.165) is 17.5 Å². The third-order valence-electron chi connectivity index (χ3n) is 2.05. The van der Waals surface area contributed by atoms with Crippen LogP contribution >= 0.6 is 11.8 Å². The third kappa shape index (κ3) is 3.39. The van der Waals surface area contributed by atoms with Gasteiger partial charge in [-0.2, -0.15) is 0 Å². The van der Waals surface area contributed by atoms with E-state index < -0.39 is 0 Å². The summed E-state index contributed by atoms with van der Waals surface area (Å²) in [5.74, 6) is 0.915. The molecule has 15 heavy (non-hydrogen) atoms. The predicted octanol–water partition coefficient (Wildman–Crippen LogP) is 0.681. The van der Waals surface area contributed by atoms with Crippen LogP contribution in [0.2, 0.25) is 0 Å². The highest BCUT2D eigenvalue weighted by Gasteiger charge is 2.08. The highest BCUT2D eigenvalue weighted by atomic mass is 32.2. The molecule has 0 amide bonds. The van der Waals surface area contributed by atoms with Crippen LogP contribution in [0.25, 0.3) is 0 Å². The Balaban J connectivity index is 2.53. The van der Waals surface area contributed by atoms with Gasteiger partial charge in [-0.25, -0.2) is 9.89 Å². The van der Waals surface area contributed by atoms with Crippen molar-refractivity contribution in [2.75, 3.05) is 12.3 Å². The van der Waals surface area contributed by atoms with Crippen molar-refractivity contribution in [2.24, 2.45) is 0 Å². The number of aromatic amines is 1. The van der Waals surface area contributed by atoms with Crippen LogP contribution in [0.15, 0.2) is 9.95 Å². The van der Waals surface area contributed by atoms with Gasteiger partial charge in [0, 0.05) is 18.3 Å². The highest BCUT2D eigenvalue weighted by Crippen LogP contribution is 2.13. The summed E-state index contributed by atoms with van der Waals surface area (Å²) in [5.41, 5.74) is -0.129. The fraction of sp³-hybridized carbons (Fsp3) is 0.778. The first kappa shape index (κ1) is 12.3. The van der Waals surface area contributed by atoms with E-state index in [1.165, 1.54) is 0 Å². The Morgan fingerprint density at radius 3 is 2.93 bits per heavy atom. The summed E-state index contributed by atoms with van der Waals surface area (Å²) < 4.78 is 1.64. The van der Waals surface area contributed by atoms with Gasteiger partial charge in [-0.05, 0) is 20.4 Å². The van der Waals surface area contributed by atoms with E-state index in [-0.39, 0.29) is 5.69 Å². The van der Waals surface area contributed by atoms with Gasteiger partial charge in [0.05, 0.1) is 0 Å². The zero-order chi connectivity index (χ0) is 11.3. The number of hydrogen-bond acceptors (Lipinski definition) is 4. The Bertz CT molecular complexity index is 346. The monoisotopic (exact) mass is 230 g/mol. The molecule has 0 radical (unpaired) electrons. The van der Waals surface area contributed by atoms with E-state index in [1.54, 1.807) is 16.3 Å². The maximum absolute atomic E-state index is 11.3. The zero-order valence-corrected chi connectivity index (χ0v) is 10.2. The van der Waals surface area contributed by atoms with E-state index in [9.17, 15) is 4.79 Å². The number of hydrogen-bond donors (Lipinski definition) is 2. The number of thioether (sulfide) groups is 1. The molecule has 0 bridgehead atoms. The molecule has 5 nitrogen and oxygen atoms in total. The molecular formula is C9H18N4OS. The Morgan fingerprint density at radius 2 is 2.33 bits per heavy atom. The molecule has 0 aliphatic rings. The van der Waals surface area contributed by atoms with E-state index in [0.29, 0.717) is 12.6 Å². The maximum Gasteiger partial charge on any atom is 0.343 e. The van der Waals surface area contributed by atoms with Gasteiger partial charge in [0.15, 0.2) is 5.16 Å². The van der Waals surface area contributed by atoms with Crippen molar-refractivity contribution >= 4 is 11.8 Å². The summed E-state index contributed by atoms with van der Waals surface area (Å²) in [6.45, 7) is 7.76. The van der Waals surface area contributed by atoms with Crippen LogP contribution in [0.1, 0.15) is 20.8 Å². The van der Waals surface area contributed by atoms with Crippen molar-refractivity contribution in [3.63, 3.8) is 0 Å². The van der Waals surface area contributed by atoms with Gasteiger partial charge in [-0.3, -0.25) is 4.57 Å². The second-order valence-electron chi connectivity index (χ2n) is 3.33. The smallest absolute Gasteiger partial charge is 0.314 e. The summed E-state index contributed by atoms with van der Waals surface area (Å²) in [6, 6.07) is 0.428. The van der Waals surface area contributed by atoms with Crippen molar-refractivity contribution < 1.29 is 0 Å². The SMILES string of the molecule is CCNC(C)CSc1n[nH]c(=O)n1CC. The number of H-pyrrole nitrogens is 1. The van der Waals surface area contributed by atoms with Gasteiger partial charge in [-0.1, -0.05) is 18.7 Å². The summed E-state index contributed by atoms with van der Waals surface area (Å²) in [5, 5.41) is 10.5. The quantitative estimate of drug-likeness (QED) is 0.706.